The average molecular weight is 397 g/mol. The molecule has 0 fully saturated rings. The van der Waals surface area contributed by atoms with Crippen LogP contribution in [0.15, 0.2) is 41.9 Å². The van der Waals surface area contributed by atoms with Crippen LogP contribution in [0.1, 0.15) is 5.69 Å². The van der Waals surface area contributed by atoms with Crippen molar-refractivity contribution in [2.24, 2.45) is 0 Å². The lowest BCUT2D eigenvalue weighted by Crippen LogP contribution is -2.10. The van der Waals surface area contributed by atoms with Crippen LogP contribution in [0.3, 0.4) is 0 Å². The Morgan fingerprint density at radius 3 is 2.64 bits per heavy atom. The molecule has 3 aromatic rings. The SMILES string of the molecule is CS(=O)(=O)Nc1ccc(NC(=O)/C=C/c2c(Cl)nc3sccn23)cc1. The molecule has 0 aliphatic heterocycles. The van der Waals surface area contributed by atoms with Gasteiger partial charge in [0, 0.05) is 29.0 Å². The third kappa shape index (κ3) is 4.38. The number of nitrogens with one attached hydrogen (secondary N) is 2. The smallest absolute Gasteiger partial charge is 0.248 e. The average Bonchev–Trinajstić information content (AvgIpc) is 3.06. The van der Waals surface area contributed by atoms with Gasteiger partial charge in [0.2, 0.25) is 15.9 Å². The van der Waals surface area contributed by atoms with E-state index in [0.29, 0.717) is 22.2 Å². The number of aromatic nitrogens is 2. The van der Waals surface area contributed by atoms with Crippen LogP contribution >= 0.6 is 22.9 Å². The van der Waals surface area contributed by atoms with E-state index >= 15 is 0 Å². The summed E-state index contributed by atoms with van der Waals surface area (Å²) in [5.41, 5.74) is 1.58. The van der Waals surface area contributed by atoms with Gasteiger partial charge in [-0.1, -0.05) is 11.6 Å². The van der Waals surface area contributed by atoms with E-state index in [4.69, 9.17) is 11.6 Å². The number of halogens is 1. The van der Waals surface area contributed by atoms with Gasteiger partial charge in [-0.3, -0.25) is 13.9 Å². The van der Waals surface area contributed by atoms with Crippen molar-refractivity contribution in [2.45, 2.75) is 0 Å². The van der Waals surface area contributed by atoms with Crippen molar-refractivity contribution in [1.82, 2.24) is 9.38 Å². The fourth-order valence-corrected chi connectivity index (χ4v) is 3.67. The van der Waals surface area contributed by atoms with Crippen LogP contribution in [0.4, 0.5) is 11.4 Å². The molecule has 0 saturated heterocycles. The standard InChI is InChI=1S/C15H13ClN4O3S2/c1-25(22,23)19-11-4-2-10(3-5-11)17-13(21)7-6-12-14(16)18-15-20(12)8-9-24-15/h2-9,19H,1H3,(H,17,21)/b7-6+. The Kier molecular flexibility index (Phi) is 4.80. The summed E-state index contributed by atoms with van der Waals surface area (Å²) in [7, 11) is -3.33. The zero-order valence-electron chi connectivity index (χ0n) is 12.9. The fraction of sp³-hybridized carbons (Fsp3) is 0.0667. The second-order valence-corrected chi connectivity index (χ2v) is 8.10. The maximum Gasteiger partial charge on any atom is 0.248 e. The molecular formula is C15H13ClN4O3S2. The molecule has 0 saturated carbocycles. The highest BCUT2D eigenvalue weighted by molar-refractivity contribution is 7.92. The number of benzene rings is 1. The predicted molar refractivity (Wildman–Crippen MR) is 101 cm³/mol. The van der Waals surface area contributed by atoms with Crippen LogP contribution in [0.25, 0.3) is 11.0 Å². The number of anilines is 2. The van der Waals surface area contributed by atoms with Crippen molar-refractivity contribution in [2.75, 3.05) is 16.3 Å². The molecule has 1 aromatic carbocycles. The summed E-state index contributed by atoms with van der Waals surface area (Å²) in [5.74, 6) is -0.343. The fourth-order valence-electron chi connectivity index (χ4n) is 2.10. The van der Waals surface area contributed by atoms with Crippen molar-refractivity contribution < 1.29 is 13.2 Å². The van der Waals surface area contributed by atoms with Gasteiger partial charge in [-0.15, -0.1) is 11.3 Å². The summed E-state index contributed by atoms with van der Waals surface area (Å²) in [6.45, 7) is 0. The first kappa shape index (κ1) is 17.5. The molecule has 0 spiro atoms. The van der Waals surface area contributed by atoms with E-state index < -0.39 is 10.0 Å². The molecule has 10 heteroatoms. The zero-order chi connectivity index (χ0) is 18.0. The third-order valence-electron chi connectivity index (χ3n) is 3.10. The normalized spacial score (nSPS) is 11.9. The highest BCUT2D eigenvalue weighted by Gasteiger charge is 2.09. The number of hydrogen-bond donors (Lipinski definition) is 2. The minimum absolute atomic E-state index is 0.326. The maximum absolute atomic E-state index is 12.0. The number of hydrogen-bond acceptors (Lipinski definition) is 5. The van der Waals surface area contributed by atoms with Gasteiger partial charge < -0.3 is 5.32 Å². The Bertz CT molecular complexity index is 1050. The maximum atomic E-state index is 12.0. The second-order valence-electron chi connectivity index (χ2n) is 5.12. The van der Waals surface area contributed by atoms with E-state index in [2.05, 4.69) is 15.0 Å². The predicted octanol–water partition coefficient (Wildman–Crippen LogP) is 3.07. The number of rotatable bonds is 5. The number of carbonyl (C=O) groups is 1. The first-order valence-corrected chi connectivity index (χ1v) is 10.1. The third-order valence-corrected chi connectivity index (χ3v) is 4.74. The lowest BCUT2D eigenvalue weighted by atomic mass is 10.3. The highest BCUT2D eigenvalue weighted by atomic mass is 35.5. The van der Waals surface area contributed by atoms with Crippen LogP contribution in [-0.2, 0) is 14.8 Å². The summed E-state index contributed by atoms with van der Waals surface area (Å²) < 4.78 is 26.5. The van der Waals surface area contributed by atoms with Crippen molar-refractivity contribution in [3.8, 4) is 0 Å². The van der Waals surface area contributed by atoms with Gasteiger partial charge in [0.05, 0.1) is 11.9 Å². The van der Waals surface area contributed by atoms with Gasteiger partial charge in [0.25, 0.3) is 0 Å². The molecule has 2 aromatic heterocycles. The molecule has 3 rings (SSSR count). The summed E-state index contributed by atoms with van der Waals surface area (Å²) >= 11 is 7.51. The Morgan fingerprint density at radius 2 is 1.96 bits per heavy atom. The summed E-state index contributed by atoms with van der Waals surface area (Å²) in [6, 6.07) is 6.32. The summed E-state index contributed by atoms with van der Waals surface area (Å²) in [6.07, 6.45) is 5.84. The van der Waals surface area contributed by atoms with Crippen LogP contribution in [0, 0.1) is 0 Å². The van der Waals surface area contributed by atoms with Crippen molar-refractivity contribution in [3.05, 3.63) is 52.8 Å². The van der Waals surface area contributed by atoms with E-state index in [1.807, 2.05) is 11.6 Å². The van der Waals surface area contributed by atoms with Crippen LogP contribution in [0.5, 0.6) is 0 Å². The van der Waals surface area contributed by atoms with Gasteiger partial charge in [0.1, 0.15) is 0 Å². The van der Waals surface area contributed by atoms with Crippen LogP contribution in [-0.4, -0.2) is 30.0 Å². The minimum Gasteiger partial charge on any atom is -0.323 e. The van der Waals surface area contributed by atoms with E-state index in [-0.39, 0.29) is 5.91 Å². The molecule has 7 nitrogen and oxygen atoms in total. The van der Waals surface area contributed by atoms with Crippen molar-refractivity contribution in [1.29, 1.82) is 0 Å². The number of amides is 1. The van der Waals surface area contributed by atoms with Crippen LogP contribution in [0.2, 0.25) is 5.15 Å². The molecule has 2 heterocycles. The van der Waals surface area contributed by atoms with Gasteiger partial charge >= 0.3 is 0 Å². The van der Waals surface area contributed by atoms with Gasteiger partial charge in [-0.2, -0.15) is 0 Å². The van der Waals surface area contributed by atoms with E-state index in [0.717, 1.165) is 11.2 Å². The summed E-state index contributed by atoms with van der Waals surface area (Å²) in [4.78, 5) is 17.0. The molecule has 130 valence electrons. The number of fused-ring (bicyclic) bond motifs is 1. The van der Waals surface area contributed by atoms with Gasteiger partial charge in [0.15, 0.2) is 10.1 Å². The minimum atomic E-state index is -3.33. The quantitative estimate of drug-likeness (QED) is 0.648. The van der Waals surface area contributed by atoms with Gasteiger partial charge in [-0.25, -0.2) is 13.4 Å². The molecule has 0 bridgehead atoms. The number of thiazole rings is 1. The first-order valence-electron chi connectivity index (χ1n) is 7.00. The van der Waals surface area contributed by atoms with Gasteiger partial charge in [-0.05, 0) is 30.3 Å². The van der Waals surface area contributed by atoms with Crippen molar-refractivity contribution >= 4 is 61.3 Å². The number of carbonyl (C=O) groups excluding carboxylic acids is 1. The Balaban J connectivity index is 1.68. The number of nitrogens with zero attached hydrogens (tertiary/aromatic N) is 2. The molecular weight excluding hydrogens is 384 g/mol. The topological polar surface area (TPSA) is 92.6 Å². The van der Waals surface area contributed by atoms with Crippen molar-refractivity contribution in [3.63, 3.8) is 0 Å². The monoisotopic (exact) mass is 396 g/mol. The lowest BCUT2D eigenvalue weighted by molar-refractivity contribution is -0.111. The first-order chi connectivity index (χ1) is 11.8. The molecule has 25 heavy (non-hydrogen) atoms. The summed E-state index contributed by atoms with van der Waals surface area (Å²) in [5, 5.41) is 4.89. The number of imidazole rings is 1. The molecule has 0 atom stereocenters. The second kappa shape index (κ2) is 6.87. The number of sulfonamides is 1. The van der Waals surface area contributed by atoms with E-state index in [9.17, 15) is 13.2 Å². The van der Waals surface area contributed by atoms with E-state index in [1.54, 1.807) is 34.7 Å². The highest BCUT2D eigenvalue weighted by Crippen LogP contribution is 2.22. The van der Waals surface area contributed by atoms with Crippen LogP contribution < -0.4 is 10.0 Å². The molecule has 0 unspecified atom stereocenters. The molecule has 2 N–H and O–H groups in total. The Labute approximate surface area is 153 Å². The van der Waals surface area contributed by atoms with E-state index in [1.165, 1.54) is 17.4 Å². The molecule has 0 aliphatic carbocycles. The zero-order valence-corrected chi connectivity index (χ0v) is 15.3. The Hall–Kier alpha value is -2.36. The Morgan fingerprint density at radius 1 is 1.28 bits per heavy atom. The molecule has 1 amide bonds. The molecule has 0 radical (unpaired) electrons. The largest absolute Gasteiger partial charge is 0.323 e. The molecule has 0 aliphatic rings. The lowest BCUT2D eigenvalue weighted by Gasteiger charge is -2.06.